The van der Waals surface area contributed by atoms with E-state index in [1.165, 1.54) is 37.3 Å². The zero-order valence-electron chi connectivity index (χ0n) is 12.0. The molecule has 20 heavy (non-hydrogen) atoms. The first-order chi connectivity index (χ1) is 9.83. The molecule has 1 saturated heterocycles. The molecule has 0 bridgehead atoms. The number of rotatable bonds is 5. The molecule has 1 aliphatic rings. The van der Waals surface area contributed by atoms with E-state index < -0.39 is 0 Å². The lowest BCUT2D eigenvalue weighted by Crippen LogP contribution is -2.17. The third-order valence-corrected chi connectivity index (χ3v) is 3.94. The van der Waals surface area contributed by atoms with Crippen molar-refractivity contribution in [3.63, 3.8) is 0 Å². The highest BCUT2D eigenvalue weighted by atomic mass is 15.1. The van der Waals surface area contributed by atoms with Crippen LogP contribution in [0, 0.1) is 0 Å². The average Bonchev–Trinajstić information content (AvgIpc) is 3.12. The van der Waals surface area contributed by atoms with E-state index in [0.29, 0.717) is 0 Å². The topological polar surface area (TPSA) is 33.1 Å². The third-order valence-electron chi connectivity index (χ3n) is 3.94. The first-order valence-corrected chi connectivity index (χ1v) is 7.38. The molecule has 2 heterocycles. The molecule has 0 amide bonds. The van der Waals surface area contributed by atoms with Gasteiger partial charge < -0.3 is 14.8 Å². The molecule has 4 nitrogen and oxygen atoms in total. The largest absolute Gasteiger partial charge is 0.385 e. The van der Waals surface area contributed by atoms with Gasteiger partial charge in [-0.3, -0.25) is 0 Å². The Hall–Kier alpha value is -1.97. The van der Waals surface area contributed by atoms with Crippen LogP contribution in [0.5, 0.6) is 0 Å². The second kappa shape index (κ2) is 5.99. The summed E-state index contributed by atoms with van der Waals surface area (Å²) >= 11 is 0. The quantitative estimate of drug-likeness (QED) is 0.907. The van der Waals surface area contributed by atoms with E-state index >= 15 is 0 Å². The van der Waals surface area contributed by atoms with Crippen molar-refractivity contribution in [2.45, 2.75) is 19.3 Å². The zero-order valence-corrected chi connectivity index (χ0v) is 12.0. The molecule has 0 saturated carbocycles. The van der Waals surface area contributed by atoms with Crippen LogP contribution in [0.4, 0.5) is 11.4 Å². The van der Waals surface area contributed by atoms with Gasteiger partial charge in [0.25, 0.3) is 0 Å². The Balaban J connectivity index is 1.52. The molecular weight excluding hydrogens is 248 g/mol. The summed E-state index contributed by atoms with van der Waals surface area (Å²) in [6, 6.07) is 8.78. The number of hydrogen-bond acceptors (Lipinski definition) is 3. The van der Waals surface area contributed by atoms with Crippen LogP contribution in [0.1, 0.15) is 18.7 Å². The van der Waals surface area contributed by atoms with Crippen molar-refractivity contribution in [3.8, 4) is 0 Å². The summed E-state index contributed by atoms with van der Waals surface area (Å²) in [7, 11) is 2.03. The maximum absolute atomic E-state index is 4.33. The second-order valence-electron chi connectivity index (χ2n) is 5.37. The van der Waals surface area contributed by atoms with Crippen LogP contribution in [-0.4, -0.2) is 29.2 Å². The van der Waals surface area contributed by atoms with Gasteiger partial charge in [0.2, 0.25) is 0 Å². The van der Waals surface area contributed by atoms with Crippen molar-refractivity contribution in [2.24, 2.45) is 7.05 Å². The van der Waals surface area contributed by atoms with E-state index in [1.807, 2.05) is 19.4 Å². The predicted octanol–water partition coefficient (Wildman–Crippen LogP) is 2.67. The number of nitrogens with one attached hydrogen (secondary N) is 1. The van der Waals surface area contributed by atoms with Gasteiger partial charge in [-0.05, 0) is 37.1 Å². The van der Waals surface area contributed by atoms with Crippen LogP contribution in [0.15, 0.2) is 36.7 Å². The monoisotopic (exact) mass is 270 g/mol. The third kappa shape index (κ3) is 2.95. The SMILES string of the molecule is Cn1ccnc1CCNc1ccc(N2CCCC2)cc1. The minimum absolute atomic E-state index is 0.911. The molecule has 4 heteroatoms. The highest BCUT2D eigenvalue weighted by Gasteiger charge is 2.11. The van der Waals surface area contributed by atoms with Gasteiger partial charge in [0.15, 0.2) is 0 Å². The summed E-state index contributed by atoms with van der Waals surface area (Å²) in [6.45, 7) is 3.31. The summed E-state index contributed by atoms with van der Waals surface area (Å²) in [6.07, 6.45) is 7.42. The highest BCUT2D eigenvalue weighted by molar-refractivity contribution is 5.55. The Bertz CT molecular complexity index is 538. The summed E-state index contributed by atoms with van der Waals surface area (Å²) in [5.41, 5.74) is 2.53. The van der Waals surface area contributed by atoms with Gasteiger partial charge in [-0.25, -0.2) is 4.98 Å². The van der Waals surface area contributed by atoms with Crippen molar-refractivity contribution in [3.05, 3.63) is 42.5 Å². The van der Waals surface area contributed by atoms with Gasteiger partial charge in [0.1, 0.15) is 5.82 Å². The fourth-order valence-electron chi connectivity index (χ4n) is 2.72. The van der Waals surface area contributed by atoms with Gasteiger partial charge in [-0.1, -0.05) is 0 Å². The number of benzene rings is 1. The van der Waals surface area contributed by atoms with E-state index in [0.717, 1.165) is 18.8 Å². The van der Waals surface area contributed by atoms with Gasteiger partial charge in [0, 0.05) is 56.9 Å². The van der Waals surface area contributed by atoms with E-state index in [2.05, 4.69) is 44.0 Å². The van der Waals surface area contributed by atoms with Crippen LogP contribution in [0.2, 0.25) is 0 Å². The summed E-state index contributed by atoms with van der Waals surface area (Å²) in [5.74, 6) is 1.12. The van der Waals surface area contributed by atoms with Gasteiger partial charge in [0.05, 0.1) is 0 Å². The fraction of sp³-hybridized carbons (Fsp3) is 0.438. The normalized spacial score (nSPS) is 14.8. The van der Waals surface area contributed by atoms with Crippen molar-refractivity contribution in [2.75, 3.05) is 29.9 Å². The van der Waals surface area contributed by atoms with Crippen LogP contribution in [-0.2, 0) is 13.5 Å². The average molecular weight is 270 g/mol. The summed E-state index contributed by atoms with van der Waals surface area (Å²) in [4.78, 5) is 6.79. The second-order valence-corrected chi connectivity index (χ2v) is 5.37. The summed E-state index contributed by atoms with van der Waals surface area (Å²) in [5, 5.41) is 3.46. The van der Waals surface area contributed by atoms with Crippen LogP contribution >= 0.6 is 0 Å². The minimum Gasteiger partial charge on any atom is -0.385 e. The first-order valence-electron chi connectivity index (χ1n) is 7.38. The maximum atomic E-state index is 4.33. The Kier molecular flexibility index (Phi) is 3.90. The number of anilines is 2. The number of hydrogen-bond donors (Lipinski definition) is 1. The minimum atomic E-state index is 0.911. The Morgan fingerprint density at radius 1 is 1.15 bits per heavy atom. The molecule has 106 valence electrons. The van der Waals surface area contributed by atoms with Crippen LogP contribution in [0.3, 0.4) is 0 Å². The Morgan fingerprint density at radius 3 is 2.55 bits per heavy atom. The fourth-order valence-corrected chi connectivity index (χ4v) is 2.72. The van der Waals surface area contributed by atoms with Gasteiger partial charge >= 0.3 is 0 Å². The first kappa shape index (κ1) is 13.0. The predicted molar refractivity (Wildman–Crippen MR) is 83.3 cm³/mol. The molecule has 1 aromatic carbocycles. The van der Waals surface area contributed by atoms with Crippen molar-refractivity contribution >= 4 is 11.4 Å². The van der Waals surface area contributed by atoms with E-state index in [1.54, 1.807) is 0 Å². The lowest BCUT2D eigenvalue weighted by molar-refractivity contribution is 0.789. The molecule has 0 atom stereocenters. The molecule has 0 aliphatic carbocycles. The molecule has 0 spiro atoms. The molecule has 0 unspecified atom stereocenters. The highest BCUT2D eigenvalue weighted by Crippen LogP contribution is 2.21. The Labute approximate surface area is 120 Å². The maximum Gasteiger partial charge on any atom is 0.110 e. The van der Waals surface area contributed by atoms with Crippen molar-refractivity contribution in [1.82, 2.24) is 9.55 Å². The van der Waals surface area contributed by atoms with Crippen LogP contribution in [0.25, 0.3) is 0 Å². The molecule has 2 aromatic rings. The van der Waals surface area contributed by atoms with E-state index in [4.69, 9.17) is 0 Å². The van der Waals surface area contributed by atoms with Crippen molar-refractivity contribution < 1.29 is 0 Å². The molecular formula is C16H22N4. The molecule has 3 rings (SSSR count). The lowest BCUT2D eigenvalue weighted by Gasteiger charge is -2.18. The standard InChI is InChI=1S/C16H22N4/c1-19-13-10-18-16(19)8-9-17-14-4-6-15(7-5-14)20-11-2-3-12-20/h4-7,10,13,17H,2-3,8-9,11-12H2,1H3. The van der Waals surface area contributed by atoms with Crippen molar-refractivity contribution in [1.29, 1.82) is 0 Å². The molecule has 1 N–H and O–H groups in total. The van der Waals surface area contributed by atoms with Gasteiger partial charge in [-0.15, -0.1) is 0 Å². The number of nitrogens with zero attached hydrogens (tertiary/aromatic N) is 3. The number of aromatic nitrogens is 2. The van der Waals surface area contributed by atoms with Crippen LogP contribution < -0.4 is 10.2 Å². The van der Waals surface area contributed by atoms with E-state index in [-0.39, 0.29) is 0 Å². The molecule has 1 fully saturated rings. The van der Waals surface area contributed by atoms with Gasteiger partial charge in [-0.2, -0.15) is 0 Å². The summed E-state index contributed by atoms with van der Waals surface area (Å²) < 4.78 is 2.07. The Morgan fingerprint density at radius 2 is 1.90 bits per heavy atom. The number of aryl methyl sites for hydroxylation is 1. The molecule has 1 aromatic heterocycles. The molecule has 1 aliphatic heterocycles. The molecule has 0 radical (unpaired) electrons. The van der Waals surface area contributed by atoms with E-state index in [9.17, 15) is 0 Å². The smallest absolute Gasteiger partial charge is 0.110 e. The zero-order chi connectivity index (χ0) is 13.8. The number of imidazole rings is 1. The lowest BCUT2D eigenvalue weighted by atomic mass is 10.2.